The van der Waals surface area contributed by atoms with E-state index in [1.165, 1.54) is 10.6 Å². The van der Waals surface area contributed by atoms with Gasteiger partial charge in [-0.2, -0.15) is 4.31 Å². The number of amides is 3. The van der Waals surface area contributed by atoms with Crippen molar-refractivity contribution in [3.05, 3.63) is 60.0 Å². The van der Waals surface area contributed by atoms with E-state index in [0.29, 0.717) is 57.1 Å². The van der Waals surface area contributed by atoms with E-state index in [4.69, 9.17) is 0 Å². The number of rotatable bonds is 6. The van der Waals surface area contributed by atoms with Gasteiger partial charge in [-0.3, -0.25) is 14.4 Å². The third-order valence-corrected chi connectivity index (χ3v) is 10.3. The van der Waals surface area contributed by atoms with Crippen LogP contribution in [-0.2, 0) is 14.8 Å². The highest BCUT2D eigenvalue weighted by Crippen LogP contribution is 2.34. The van der Waals surface area contributed by atoms with Crippen molar-refractivity contribution in [2.24, 2.45) is 5.41 Å². The van der Waals surface area contributed by atoms with Crippen LogP contribution in [0.2, 0.25) is 0 Å². The van der Waals surface area contributed by atoms with Gasteiger partial charge in [0.15, 0.2) is 0 Å². The van der Waals surface area contributed by atoms with E-state index in [1.54, 1.807) is 23.2 Å². The number of hydrogen-bond donors (Lipinski definition) is 2. The first-order valence-electron chi connectivity index (χ1n) is 15.0. The number of anilines is 1. The number of aromatic amines is 1. The minimum Gasteiger partial charge on any atom is -0.368 e. The summed E-state index contributed by atoms with van der Waals surface area (Å²) in [5, 5.41) is 3.91. The molecule has 13 heteroatoms. The first kappa shape index (κ1) is 30.1. The van der Waals surface area contributed by atoms with E-state index < -0.39 is 21.5 Å². The van der Waals surface area contributed by atoms with Crippen molar-refractivity contribution in [3.8, 4) is 0 Å². The standard InChI is InChI=1S/C31H39N7O5S/c1-31(2,3)27(34-28(39)26-15-20-7-5-6-8-24(20)33-26)30(41)38-19-22-16-23(38)18-37(22)29(40)25-10-9-21(17-32-25)35-11-13-36(14-12-35)44(4,42)43/h5-10,15,17,22-23,27,33H,11-14,16,18-19H2,1-4H3,(H,34,39)/t22-,23-,27+/m0/s1. The Hall–Kier alpha value is -3.97. The average molecular weight is 622 g/mol. The molecule has 5 heterocycles. The van der Waals surface area contributed by atoms with Gasteiger partial charge >= 0.3 is 0 Å². The van der Waals surface area contributed by atoms with Crippen molar-refractivity contribution >= 4 is 44.3 Å². The van der Waals surface area contributed by atoms with Crippen LogP contribution in [0.25, 0.3) is 10.9 Å². The largest absolute Gasteiger partial charge is 0.368 e. The van der Waals surface area contributed by atoms with Gasteiger partial charge < -0.3 is 25.0 Å². The summed E-state index contributed by atoms with van der Waals surface area (Å²) in [7, 11) is -3.21. The van der Waals surface area contributed by atoms with Crippen LogP contribution in [0.1, 0.15) is 48.2 Å². The molecule has 12 nitrogen and oxygen atoms in total. The highest BCUT2D eigenvalue weighted by molar-refractivity contribution is 7.88. The SMILES string of the molecule is CC(C)(C)[C@H](NC(=O)c1cc2ccccc2[nH]1)C(=O)N1C[C@@H]2C[C@H]1CN2C(=O)c1ccc(N2CCN(S(C)(=O)=O)CC2)cn1. The van der Waals surface area contributed by atoms with Crippen molar-refractivity contribution in [1.29, 1.82) is 0 Å². The summed E-state index contributed by atoms with van der Waals surface area (Å²) in [6.07, 6.45) is 3.57. The number of likely N-dealkylation sites (tertiary alicyclic amines) is 2. The molecule has 3 amide bonds. The maximum absolute atomic E-state index is 13.9. The summed E-state index contributed by atoms with van der Waals surface area (Å²) < 4.78 is 25.1. The first-order valence-corrected chi connectivity index (χ1v) is 16.8. The van der Waals surface area contributed by atoms with Gasteiger partial charge in [0.05, 0.1) is 30.2 Å². The van der Waals surface area contributed by atoms with Gasteiger partial charge in [-0.1, -0.05) is 39.0 Å². The van der Waals surface area contributed by atoms with Gasteiger partial charge in [0.25, 0.3) is 11.8 Å². The molecule has 2 N–H and O–H groups in total. The lowest BCUT2D eigenvalue weighted by Gasteiger charge is -2.39. The fourth-order valence-corrected chi connectivity index (χ4v) is 7.36. The molecule has 0 radical (unpaired) electrons. The van der Waals surface area contributed by atoms with Gasteiger partial charge in [-0.15, -0.1) is 0 Å². The fourth-order valence-electron chi connectivity index (χ4n) is 6.53. The molecule has 0 aliphatic carbocycles. The lowest BCUT2D eigenvalue weighted by Crippen LogP contribution is -2.59. The van der Waals surface area contributed by atoms with E-state index in [1.807, 2.05) is 56.0 Å². The molecule has 3 atom stereocenters. The Morgan fingerprint density at radius 3 is 2.25 bits per heavy atom. The number of para-hydroxylation sites is 1. The van der Waals surface area contributed by atoms with Crippen molar-refractivity contribution < 1.29 is 22.8 Å². The number of carbonyl (C=O) groups excluding carboxylic acids is 3. The smallest absolute Gasteiger partial charge is 0.272 e. The van der Waals surface area contributed by atoms with Crippen LogP contribution in [0.15, 0.2) is 48.7 Å². The molecule has 234 valence electrons. The molecular weight excluding hydrogens is 582 g/mol. The molecule has 2 aromatic heterocycles. The Balaban J connectivity index is 1.08. The second-order valence-corrected chi connectivity index (χ2v) is 15.1. The maximum atomic E-state index is 13.9. The topological polar surface area (TPSA) is 139 Å². The van der Waals surface area contributed by atoms with Gasteiger partial charge in [0.2, 0.25) is 15.9 Å². The fraction of sp³-hybridized carbons (Fsp3) is 0.484. The summed E-state index contributed by atoms with van der Waals surface area (Å²) in [4.78, 5) is 53.8. The lowest BCUT2D eigenvalue weighted by atomic mass is 9.85. The van der Waals surface area contributed by atoms with Crippen LogP contribution in [0.5, 0.6) is 0 Å². The van der Waals surface area contributed by atoms with Crippen molar-refractivity contribution in [2.75, 3.05) is 50.4 Å². The highest BCUT2D eigenvalue weighted by Gasteiger charge is 2.50. The number of pyridine rings is 1. The molecule has 3 saturated heterocycles. The molecule has 3 aromatic rings. The summed E-state index contributed by atoms with van der Waals surface area (Å²) in [5.41, 5.74) is 1.92. The number of carbonyl (C=O) groups is 3. The number of piperazine rings is 2. The lowest BCUT2D eigenvalue weighted by molar-refractivity contribution is -0.138. The number of nitrogens with one attached hydrogen (secondary N) is 2. The minimum absolute atomic E-state index is 0.118. The van der Waals surface area contributed by atoms with Crippen LogP contribution in [0.3, 0.4) is 0 Å². The number of fused-ring (bicyclic) bond motifs is 3. The van der Waals surface area contributed by atoms with Gasteiger partial charge in [-0.05, 0) is 36.1 Å². The predicted octanol–water partition coefficient (Wildman–Crippen LogP) is 1.91. The number of H-pyrrole nitrogens is 1. The zero-order valence-electron chi connectivity index (χ0n) is 25.5. The minimum atomic E-state index is -3.21. The zero-order chi connectivity index (χ0) is 31.4. The quantitative estimate of drug-likeness (QED) is 0.429. The second kappa shape index (κ2) is 11.2. The Morgan fingerprint density at radius 1 is 0.977 bits per heavy atom. The molecule has 6 rings (SSSR count). The third kappa shape index (κ3) is 5.77. The number of nitrogens with zero attached hydrogens (tertiary/aromatic N) is 5. The summed E-state index contributed by atoms with van der Waals surface area (Å²) >= 11 is 0. The average Bonchev–Trinajstić information content (AvgIpc) is 3.73. The molecule has 0 saturated carbocycles. The summed E-state index contributed by atoms with van der Waals surface area (Å²) in [6, 6.07) is 12.0. The van der Waals surface area contributed by atoms with E-state index in [0.717, 1.165) is 16.6 Å². The summed E-state index contributed by atoms with van der Waals surface area (Å²) in [5.74, 6) is -0.639. The number of benzene rings is 1. The van der Waals surface area contributed by atoms with E-state index in [9.17, 15) is 22.8 Å². The molecule has 3 fully saturated rings. The summed E-state index contributed by atoms with van der Waals surface area (Å²) in [6.45, 7) is 8.57. The van der Waals surface area contributed by atoms with Crippen LogP contribution in [0, 0.1) is 5.41 Å². The molecule has 44 heavy (non-hydrogen) atoms. The maximum Gasteiger partial charge on any atom is 0.272 e. The zero-order valence-corrected chi connectivity index (χ0v) is 26.3. The predicted molar refractivity (Wildman–Crippen MR) is 167 cm³/mol. The van der Waals surface area contributed by atoms with Gasteiger partial charge in [0.1, 0.15) is 17.4 Å². The molecule has 2 bridgehead atoms. The number of aromatic nitrogens is 2. The molecule has 0 spiro atoms. The molecule has 3 aliphatic rings. The van der Waals surface area contributed by atoms with Crippen LogP contribution in [0.4, 0.5) is 5.69 Å². The first-order chi connectivity index (χ1) is 20.8. The van der Waals surface area contributed by atoms with Gasteiger partial charge in [0, 0.05) is 50.2 Å². The van der Waals surface area contributed by atoms with E-state index in [-0.39, 0.29) is 29.8 Å². The normalized spacial score (nSPS) is 21.6. The Kier molecular flexibility index (Phi) is 7.65. The molecule has 3 aliphatic heterocycles. The van der Waals surface area contributed by atoms with Crippen molar-refractivity contribution in [1.82, 2.24) is 29.4 Å². The van der Waals surface area contributed by atoms with Gasteiger partial charge in [-0.25, -0.2) is 13.4 Å². The van der Waals surface area contributed by atoms with Crippen LogP contribution in [-0.4, -0.2) is 114 Å². The molecule has 1 aromatic carbocycles. The number of hydrogen-bond acceptors (Lipinski definition) is 7. The van der Waals surface area contributed by atoms with Crippen LogP contribution < -0.4 is 10.2 Å². The van der Waals surface area contributed by atoms with E-state index in [2.05, 4.69) is 20.2 Å². The van der Waals surface area contributed by atoms with Crippen molar-refractivity contribution in [3.63, 3.8) is 0 Å². The number of sulfonamides is 1. The second-order valence-electron chi connectivity index (χ2n) is 13.1. The highest BCUT2D eigenvalue weighted by atomic mass is 32.2. The Labute approximate surface area is 257 Å². The van der Waals surface area contributed by atoms with E-state index >= 15 is 0 Å². The molecule has 0 unspecified atom stereocenters. The van der Waals surface area contributed by atoms with Crippen LogP contribution >= 0.6 is 0 Å². The third-order valence-electron chi connectivity index (χ3n) is 8.99. The Morgan fingerprint density at radius 2 is 1.66 bits per heavy atom. The molecular formula is C31H39N7O5S. The monoisotopic (exact) mass is 621 g/mol. The van der Waals surface area contributed by atoms with Crippen molar-refractivity contribution in [2.45, 2.75) is 45.3 Å². The Bertz CT molecular complexity index is 1660.